The summed E-state index contributed by atoms with van der Waals surface area (Å²) in [4.78, 5) is 30.7. The molecule has 0 fully saturated rings. The van der Waals surface area contributed by atoms with Crippen molar-refractivity contribution < 1.29 is 9.72 Å². The Morgan fingerprint density at radius 3 is 2.14 bits per heavy atom. The molecule has 1 heterocycles. The molecule has 2 bridgehead atoms. The van der Waals surface area contributed by atoms with E-state index in [0.29, 0.717) is 46.7 Å². The van der Waals surface area contributed by atoms with Crippen molar-refractivity contribution in [3.63, 3.8) is 0 Å². The van der Waals surface area contributed by atoms with Gasteiger partial charge in [0.15, 0.2) is 5.82 Å². The molecule has 0 spiro atoms. The van der Waals surface area contributed by atoms with Gasteiger partial charge in [-0.3, -0.25) is 20.0 Å². The van der Waals surface area contributed by atoms with Crippen molar-refractivity contribution >= 4 is 5.91 Å². The average Bonchev–Trinajstić information content (AvgIpc) is 3.35. The molecule has 0 atom stereocenters. The van der Waals surface area contributed by atoms with E-state index in [-0.39, 0.29) is 23.8 Å². The standard InChI is InChI=1S/C27H23N5O3/c33-25(28-17-24-29-23(30-31-24)16-18-8-2-1-3-9-18)26-14-15-27(32(34)35,21-12-6-4-10-19(21)26)22-13-7-5-11-20(22)26/h1-13H,14-17H2,(H,28,33)(H,29,30,31). The molecule has 0 aliphatic heterocycles. The van der Waals surface area contributed by atoms with Gasteiger partial charge >= 0.3 is 0 Å². The van der Waals surface area contributed by atoms with Gasteiger partial charge in [0.05, 0.1) is 6.54 Å². The molecule has 3 aromatic carbocycles. The van der Waals surface area contributed by atoms with E-state index in [2.05, 4.69) is 20.5 Å². The third-order valence-corrected chi connectivity index (χ3v) is 7.43. The average molecular weight is 466 g/mol. The van der Waals surface area contributed by atoms with Gasteiger partial charge in [-0.05, 0) is 23.1 Å². The van der Waals surface area contributed by atoms with Crippen LogP contribution in [0.4, 0.5) is 0 Å². The van der Waals surface area contributed by atoms with Crippen LogP contribution in [0.5, 0.6) is 0 Å². The fourth-order valence-electron chi connectivity index (χ4n) is 5.86. The van der Waals surface area contributed by atoms with E-state index in [1.54, 1.807) is 12.1 Å². The highest BCUT2D eigenvalue weighted by atomic mass is 16.6. The minimum absolute atomic E-state index is 0.185. The minimum atomic E-state index is -1.33. The summed E-state index contributed by atoms with van der Waals surface area (Å²) in [7, 11) is 0. The van der Waals surface area contributed by atoms with Crippen LogP contribution in [0, 0.1) is 10.1 Å². The van der Waals surface area contributed by atoms with Gasteiger partial charge in [0.2, 0.25) is 5.91 Å². The molecule has 4 aromatic rings. The number of hydrogen-bond donors (Lipinski definition) is 2. The molecule has 1 aromatic heterocycles. The number of hydrogen-bond acceptors (Lipinski definition) is 5. The van der Waals surface area contributed by atoms with Crippen molar-refractivity contribution in [2.75, 3.05) is 0 Å². The van der Waals surface area contributed by atoms with Crippen LogP contribution >= 0.6 is 0 Å². The molecule has 0 radical (unpaired) electrons. The Kier molecular flexibility index (Phi) is 4.77. The Bertz CT molecular complexity index is 1400. The molecule has 2 N–H and O–H groups in total. The number of nitrogens with zero attached hydrogens (tertiary/aromatic N) is 3. The van der Waals surface area contributed by atoms with E-state index in [0.717, 1.165) is 5.56 Å². The summed E-state index contributed by atoms with van der Waals surface area (Å²) in [6.07, 6.45) is 1.23. The van der Waals surface area contributed by atoms with Gasteiger partial charge in [-0.15, -0.1) is 0 Å². The van der Waals surface area contributed by atoms with Gasteiger partial charge in [0, 0.05) is 28.9 Å². The Hall–Kier alpha value is -4.33. The highest BCUT2D eigenvalue weighted by Gasteiger charge is 2.65. The van der Waals surface area contributed by atoms with Crippen LogP contribution in [0.25, 0.3) is 0 Å². The summed E-state index contributed by atoms with van der Waals surface area (Å²) < 4.78 is 0. The highest BCUT2D eigenvalue weighted by molar-refractivity contribution is 5.95. The lowest BCUT2D eigenvalue weighted by atomic mass is 9.52. The first-order valence-corrected chi connectivity index (χ1v) is 11.6. The van der Waals surface area contributed by atoms with E-state index < -0.39 is 11.0 Å². The second-order valence-corrected chi connectivity index (χ2v) is 9.16. The lowest BCUT2D eigenvalue weighted by Gasteiger charge is -2.49. The molecule has 8 nitrogen and oxygen atoms in total. The van der Waals surface area contributed by atoms with Crippen molar-refractivity contribution in [2.24, 2.45) is 0 Å². The van der Waals surface area contributed by atoms with Crippen LogP contribution in [-0.4, -0.2) is 26.0 Å². The largest absolute Gasteiger partial charge is 0.348 e. The molecule has 35 heavy (non-hydrogen) atoms. The molecule has 3 aliphatic carbocycles. The fraction of sp³-hybridized carbons (Fsp3) is 0.222. The molecule has 3 aliphatic rings. The lowest BCUT2D eigenvalue weighted by molar-refractivity contribution is -0.570. The number of benzene rings is 3. The quantitative estimate of drug-likeness (QED) is 0.333. The number of carbonyl (C=O) groups excluding carboxylic acids is 1. The van der Waals surface area contributed by atoms with Crippen LogP contribution in [0.15, 0.2) is 78.9 Å². The molecule has 1 amide bonds. The number of fused-ring (bicyclic) bond motifs is 1. The SMILES string of the molecule is O=C(NCc1nc(Cc2ccccc2)n[nH]1)C12CCC([N+](=O)[O-])(c3ccccc31)c1ccccc12. The maximum Gasteiger partial charge on any atom is 0.272 e. The van der Waals surface area contributed by atoms with E-state index in [9.17, 15) is 14.9 Å². The molecule has 0 unspecified atom stereocenters. The van der Waals surface area contributed by atoms with Gasteiger partial charge in [0.1, 0.15) is 11.2 Å². The summed E-state index contributed by atoms with van der Waals surface area (Å²) >= 11 is 0. The Morgan fingerprint density at radius 1 is 0.914 bits per heavy atom. The van der Waals surface area contributed by atoms with Crippen LogP contribution in [0.3, 0.4) is 0 Å². The number of H-pyrrole nitrogens is 1. The number of aromatic nitrogens is 3. The minimum Gasteiger partial charge on any atom is -0.348 e. The maximum absolute atomic E-state index is 13.9. The highest BCUT2D eigenvalue weighted by Crippen LogP contribution is 2.59. The number of rotatable bonds is 6. The number of nitrogens with one attached hydrogen (secondary N) is 2. The molecule has 0 saturated carbocycles. The third kappa shape index (κ3) is 3.02. The number of carbonyl (C=O) groups is 1. The van der Waals surface area contributed by atoms with E-state index in [1.807, 2.05) is 66.7 Å². The molecule has 0 saturated heterocycles. The van der Waals surface area contributed by atoms with Crippen LogP contribution in [0.2, 0.25) is 0 Å². The number of nitro groups is 1. The Balaban J connectivity index is 1.32. The molecular weight excluding hydrogens is 442 g/mol. The molecule has 8 heteroatoms. The van der Waals surface area contributed by atoms with Gasteiger partial charge < -0.3 is 5.32 Å². The zero-order valence-corrected chi connectivity index (χ0v) is 18.9. The van der Waals surface area contributed by atoms with Gasteiger partial charge in [-0.25, -0.2) is 4.98 Å². The van der Waals surface area contributed by atoms with Crippen molar-refractivity contribution in [1.29, 1.82) is 0 Å². The first kappa shape index (κ1) is 21.2. The van der Waals surface area contributed by atoms with Crippen molar-refractivity contribution in [3.8, 4) is 0 Å². The predicted molar refractivity (Wildman–Crippen MR) is 128 cm³/mol. The van der Waals surface area contributed by atoms with Crippen LogP contribution in [0.1, 0.15) is 52.3 Å². The summed E-state index contributed by atoms with van der Waals surface area (Å²) in [5.41, 5.74) is 1.42. The first-order valence-electron chi connectivity index (χ1n) is 11.6. The summed E-state index contributed by atoms with van der Waals surface area (Å²) in [5, 5.41) is 22.7. The van der Waals surface area contributed by atoms with E-state index in [1.165, 1.54) is 0 Å². The topological polar surface area (TPSA) is 114 Å². The van der Waals surface area contributed by atoms with Crippen molar-refractivity contribution in [2.45, 2.75) is 36.8 Å². The monoisotopic (exact) mass is 465 g/mol. The summed E-state index contributed by atoms with van der Waals surface area (Å²) in [5.74, 6) is 1.03. The summed E-state index contributed by atoms with van der Waals surface area (Å²) in [6, 6.07) is 24.5. The smallest absolute Gasteiger partial charge is 0.272 e. The van der Waals surface area contributed by atoms with Gasteiger partial charge in [-0.1, -0.05) is 78.9 Å². The van der Waals surface area contributed by atoms with Crippen molar-refractivity contribution in [1.82, 2.24) is 20.5 Å². The molecular formula is C27H23N5O3. The van der Waals surface area contributed by atoms with Gasteiger partial charge in [-0.2, -0.15) is 5.10 Å². The second kappa shape index (κ2) is 7.87. The zero-order valence-electron chi connectivity index (χ0n) is 18.9. The Labute approximate surface area is 201 Å². The third-order valence-electron chi connectivity index (χ3n) is 7.43. The molecule has 174 valence electrons. The Morgan fingerprint density at radius 2 is 1.51 bits per heavy atom. The zero-order chi connectivity index (χ0) is 24.0. The summed E-state index contributed by atoms with van der Waals surface area (Å²) in [6.45, 7) is 0.188. The normalized spacial score (nSPS) is 21.7. The first-order chi connectivity index (χ1) is 17.1. The van der Waals surface area contributed by atoms with Crippen LogP contribution in [-0.2, 0) is 28.7 Å². The maximum atomic E-state index is 13.9. The second-order valence-electron chi connectivity index (χ2n) is 9.16. The fourth-order valence-corrected chi connectivity index (χ4v) is 5.86. The van der Waals surface area contributed by atoms with Crippen LogP contribution < -0.4 is 5.32 Å². The van der Waals surface area contributed by atoms with Gasteiger partial charge in [0.25, 0.3) is 5.54 Å². The number of aromatic amines is 1. The predicted octanol–water partition coefficient (Wildman–Crippen LogP) is 3.63. The molecule has 7 rings (SSSR count). The lowest BCUT2D eigenvalue weighted by Crippen LogP contribution is -2.58. The number of amides is 1. The van der Waals surface area contributed by atoms with E-state index >= 15 is 0 Å². The van der Waals surface area contributed by atoms with Crippen molar-refractivity contribution in [3.05, 3.63) is 128 Å². The van der Waals surface area contributed by atoms with E-state index in [4.69, 9.17) is 0 Å².